The van der Waals surface area contributed by atoms with Crippen LogP contribution in [0.3, 0.4) is 0 Å². The lowest BCUT2D eigenvalue weighted by atomic mass is 10.1. The Labute approximate surface area is 154 Å². The SMILES string of the molecule is CCC/C(C)=C/C(NOCCO)=C(/Nc1ccc(C)cc1F)N(C)C=O. The molecule has 0 bridgehead atoms. The summed E-state index contributed by atoms with van der Waals surface area (Å²) in [6.45, 7) is 5.74. The van der Waals surface area contributed by atoms with Crippen LogP contribution in [-0.2, 0) is 9.63 Å². The average Bonchev–Trinajstić information content (AvgIpc) is 2.60. The Balaban J connectivity index is 3.32. The molecule has 0 saturated carbocycles. The Kier molecular flexibility index (Phi) is 9.40. The summed E-state index contributed by atoms with van der Waals surface area (Å²) in [6.07, 6.45) is 4.27. The van der Waals surface area contributed by atoms with E-state index in [1.165, 1.54) is 11.0 Å². The maximum absolute atomic E-state index is 14.2. The summed E-state index contributed by atoms with van der Waals surface area (Å²) in [7, 11) is 1.55. The Morgan fingerprint density at radius 2 is 2.15 bits per heavy atom. The number of nitrogens with zero attached hydrogens (tertiary/aromatic N) is 1. The van der Waals surface area contributed by atoms with Crippen LogP contribution in [0.4, 0.5) is 10.1 Å². The zero-order valence-electron chi connectivity index (χ0n) is 15.8. The number of aliphatic hydroxyl groups is 1. The number of amides is 1. The van der Waals surface area contributed by atoms with Crippen LogP contribution < -0.4 is 10.8 Å². The molecule has 1 aromatic carbocycles. The first-order valence-electron chi connectivity index (χ1n) is 8.54. The highest BCUT2D eigenvalue weighted by Gasteiger charge is 2.14. The Hall–Kier alpha value is -2.38. The number of hydrogen-bond donors (Lipinski definition) is 3. The fraction of sp³-hybridized carbons (Fsp3) is 0.421. The lowest BCUT2D eigenvalue weighted by Crippen LogP contribution is -2.28. The number of anilines is 1. The molecule has 0 aliphatic carbocycles. The van der Waals surface area contributed by atoms with Gasteiger partial charge < -0.3 is 15.3 Å². The lowest BCUT2D eigenvalue weighted by Gasteiger charge is -2.22. The van der Waals surface area contributed by atoms with Gasteiger partial charge in [-0.05, 0) is 44.0 Å². The number of rotatable bonds is 11. The van der Waals surface area contributed by atoms with E-state index in [2.05, 4.69) is 17.7 Å². The zero-order chi connectivity index (χ0) is 19.5. The number of halogens is 1. The number of carbonyl (C=O) groups excluding carboxylic acids is 1. The van der Waals surface area contributed by atoms with Crippen molar-refractivity contribution in [1.29, 1.82) is 0 Å². The molecule has 3 N–H and O–H groups in total. The number of hydrogen-bond acceptors (Lipinski definition) is 5. The molecule has 0 spiro atoms. The maximum atomic E-state index is 14.2. The van der Waals surface area contributed by atoms with E-state index in [0.717, 1.165) is 24.0 Å². The van der Waals surface area contributed by atoms with Crippen molar-refractivity contribution in [1.82, 2.24) is 10.4 Å². The predicted molar refractivity (Wildman–Crippen MR) is 100 cm³/mol. The van der Waals surface area contributed by atoms with Crippen molar-refractivity contribution in [2.24, 2.45) is 0 Å². The molecule has 0 heterocycles. The van der Waals surface area contributed by atoms with Crippen LogP contribution in [0.25, 0.3) is 0 Å². The van der Waals surface area contributed by atoms with Crippen molar-refractivity contribution in [3.8, 4) is 0 Å². The lowest BCUT2D eigenvalue weighted by molar-refractivity contribution is -0.115. The molecule has 144 valence electrons. The van der Waals surface area contributed by atoms with Gasteiger partial charge in [-0.2, -0.15) is 0 Å². The van der Waals surface area contributed by atoms with Gasteiger partial charge in [0.2, 0.25) is 6.41 Å². The zero-order valence-corrected chi connectivity index (χ0v) is 15.8. The number of hydroxylamine groups is 1. The minimum Gasteiger partial charge on any atom is -0.394 e. The number of nitrogens with one attached hydrogen (secondary N) is 2. The molecule has 0 aromatic heterocycles. The Morgan fingerprint density at radius 1 is 1.42 bits per heavy atom. The molecule has 0 radical (unpaired) electrons. The number of aliphatic hydroxyl groups excluding tert-OH is 1. The van der Waals surface area contributed by atoms with E-state index in [0.29, 0.717) is 17.9 Å². The summed E-state index contributed by atoms with van der Waals surface area (Å²) in [6, 6.07) is 4.80. The highest BCUT2D eigenvalue weighted by atomic mass is 19.1. The van der Waals surface area contributed by atoms with Crippen molar-refractivity contribution < 1.29 is 19.1 Å². The van der Waals surface area contributed by atoms with Crippen molar-refractivity contribution >= 4 is 12.1 Å². The summed E-state index contributed by atoms with van der Waals surface area (Å²) in [4.78, 5) is 17.8. The third-order valence-electron chi connectivity index (χ3n) is 3.55. The van der Waals surface area contributed by atoms with Gasteiger partial charge in [0.15, 0.2) is 0 Å². The first kappa shape index (κ1) is 21.7. The van der Waals surface area contributed by atoms with Gasteiger partial charge in [-0.15, -0.1) is 0 Å². The molecule has 6 nitrogen and oxygen atoms in total. The molecule has 0 saturated heterocycles. The minimum atomic E-state index is -0.424. The van der Waals surface area contributed by atoms with E-state index in [9.17, 15) is 9.18 Å². The van der Waals surface area contributed by atoms with Crippen molar-refractivity contribution in [3.63, 3.8) is 0 Å². The van der Waals surface area contributed by atoms with Crippen LogP contribution in [0.2, 0.25) is 0 Å². The van der Waals surface area contributed by atoms with E-state index in [1.807, 2.05) is 13.0 Å². The number of carbonyl (C=O) groups is 1. The first-order chi connectivity index (χ1) is 12.4. The van der Waals surface area contributed by atoms with Gasteiger partial charge in [-0.3, -0.25) is 15.1 Å². The third kappa shape index (κ3) is 6.85. The highest BCUT2D eigenvalue weighted by Crippen LogP contribution is 2.20. The number of benzene rings is 1. The molecule has 0 aliphatic heterocycles. The van der Waals surface area contributed by atoms with Gasteiger partial charge in [-0.25, -0.2) is 4.39 Å². The fourth-order valence-electron chi connectivity index (χ4n) is 2.28. The largest absolute Gasteiger partial charge is 0.394 e. The topological polar surface area (TPSA) is 73.8 Å². The molecule has 26 heavy (non-hydrogen) atoms. The van der Waals surface area contributed by atoms with Gasteiger partial charge in [0.05, 0.1) is 18.9 Å². The van der Waals surface area contributed by atoms with E-state index < -0.39 is 5.82 Å². The fourth-order valence-corrected chi connectivity index (χ4v) is 2.28. The second kappa shape index (κ2) is 11.3. The van der Waals surface area contributed by atoms with Crippen molar-refractivity contribution in [2.45, 2.75) is 33.6 Å². The molecular weight excluding hydrogens is 337 g/mol. The van der Waals surface area contributed by atoms with Gasteiger partial charge in [-0.1, -0.05) is 25.0 Å². The Morgan fingerprint density at radius 3 is 2.73 bits per heavy atom. The second-order valence-electron chi connectivity index (χ2n) is 6.00. The van der Waals surface area contributed by atoms with Crippen LogP contribution in [-0.4, -0.2) is 36.7 Å². The van der Waals surface area contributed by atoms with Crippen molar-refractivity contribution in [3.05, 3.63) is 52.7 Å². The number of aryl methyl sites for hydroxylation is 1. The van der Waals surface area contributed by atoms with Gasteiger partial charge >= 0.3 is 0 Å². The minimum absolute atomic E-state index is 0.0706. The van der Waals surface area contributed by atoms with Crippen LogP contribution >= 0.6 is 0 Å². The second-order valence-corrected chi connectivity index (χ2v) is 6.00. The van der Waals surface area contributed by atoms with Crippen LogP contribution in [0, 0.1) is 12.7 Å². The predicted octanol–water partition coefficient (Wildman–Crippen LogP) is 3.06. The molecule has 0 aliphatic rings. The van der Waals surface area contributed by atoms with Gasteiger partial charge in [0.25, 0.3) is 0 Å². The molecule has 0 unspecified atom stereocenters. The molecule has 1 amide bonds. The van der Waals surface area contributed by atoms with E-state index in [-0.39, 0.29) is 18.9 Å². The standard InChI is InChI=1S/C19H28FN3O3/c1-5-6-14(2)12-18(22-26-10-9-24)19(23(4)13-25)21-17-8-7-15(3)11-16(17)20/h7-8,11-13,21-22,24H,5-6,9-10H2,1-4H3/b14-12+,19-18+. The molecule has 0 fully saturated rings. The molecule has 7 heteroatoms. The molecular formula is C19H28FN3O3. The molecule has 0 atom stereocenters. The summed E-state index contributed by atoms with van der Waals surface area (Å²) in [5.74, 6) is -0.0946. The summed E-state index contributed by atoms with van der Waals surface area (Å²) in [5.41, 5.74) is 5.29. The van der Waals surface area contributed by atoms with Gasteiger partial charge in [0, 0.05) is 7.05 Å². The normalized spacial score (nSPS) is 12.5. The smallest absolute Gasteiger partial charge is 0.215 e. The van der Waals surface area contributed by atoms with Crippen LogP contribution in [0.1, 0.15) is 32.3 Å². The van der Waals surface area contributed by atoms with Gasteiger partial charge in [0.1, 0.15) is 17.3 Å². The summed E-state index contributed by atoms with van der Waals surface area (Å²) in [5, 5.41) is 11.9. The maximum Gasteiger partial charge on any atom is 0.215 e. The van der Waals surface area contributed by atoms with Crippen LogP contribution in [0.15, 0.2) is 41.4 Å². The average molecular weight is 365 g/mol. The van der Waals surface area contributed by atoms with E-state index in [1.54, 1.807) is 26.1 Å². The number of allylic oxidation sites excluding steroid dienone is 2. The first-order valence-corrected chi connectivity index (χ1v) is 8.54. The third-order valence-corrected chi connectivity index (χ3v) is 3.55. The molecule has 1 rings (SSSR count). The summed E-state index contributed by atoms with van der Waals surface area (Å²) < 4.78 is 14.2. The highest BCUT2D eigenvalue weighted by molar-refractivity contribution is 5.58. The summed E-state index contributed by atoms with van der Waals surface area (Å²) >= 11 is 0. The van der Waals surface area contributed by atoms with Crippen molar-refractivity contribution in [2.75, 3.05) is 25.6 Å². The monoisotopic (exact) mass is 365 g/mol. The molecule has 1 aromatic rings. The van der Waals surface area contributed by atoms with Crippen LogP contribution in [0.5, 0.6) is 0 Å². The van der Waals surface area contributed by atoms with E-state index in [4.69, 9.17) is 9.94 Å². The van der Waals surface area contributed by atoms with E-state index >= 15 is 0 Å². The Bertz CT molecular complexity index is 659. The quantitative estimate of drug-likeness (QED) is 0.243.